The van der Waals surface area contributed by atoms with Crippen LogP contribution in [0.5, 0.6) is 0 Å². The Labute approximate surface area is 438 Å². The first-order chi connectivity index (χ1) is 35.1. The van der Waals surface area contributed by atoms with Crippen LogP contribution < -0.4 is 50.4 Å². The van der Waals surface area contributed by atoms with Crippen LogP contribution in [0.3, 0.4) is 0 Å². The van der Waals surface area contributed by atoms with Crippen molar-refractivity contribution >= 4 is 86.1 Å². The van der Waals surface area contributed by atoms with E-state index >= 15 is 0 Å². The van der Waals surface area contributed by atoms with Crippen LogP contribution in [0, 0.1) is 0 Å². The molecular formula is C55H67N9O6S3. The van der Waals surface area contributed by atoms with Gasteiger partial charge >= 0.3 is 0 Å². The smallest absolute Gasteiger partial charge is 0.252 e. The molecule has 0 unspecified atom stereocenters. The van der Waals surface area contributed by atoms with Crippen molar-refractivity contribution in [1.82, 2.24) is 0 Å². The number of carbonyl (C=O) groups excluding carboxylic acids is 6. The van der Waals surface area contributed by atoms with E-state index in [4.69, 9.17) is 34.4 Å². The van der Waals surface area contributed by atoms with E-state index in [9.17, 15) is 28.8 Å². The second-order valence-electron chi connectivity index (χ2n) is 18.5. The van der Waals surface area contributed by atoms with Crippen molar-refractivity contribution in [3.8, 4) is 0 Å². The first-order valence-corrected chi connectivity index (χ1v) is 27.3. The molecule has 0 radical (unpaired) electrons. The fraction of sp³-hybridized carbons (Fsp3) is 0.345. The lowest BCUT2D eigenvalue weighted by atomic mass is 9.84. The highest BCUT2D eigenvalue weighted by Gasteiger charge is 2.43. The monoisotopic (exact) mass is 1050 g/mol. The number of carbonyl (C=O) groups is 6. The quantitative estimate of drug-likeness (QED) is 0.0128. The van der Waals surface area contributed by atoms with Crippen molar-refractivity contribution in [2.75, 3.05) is 35.6 Å². The third kappa shape index (κ3) is 14.8. The SMILES string of the molecule is NCCCC[C@@](N)(C(=O)Cc1ccsc1)C(=O)Nc1ccc(C(c2ccc(NC(=O)[C@@](N)(CCCCN)C(=O)Cc3ccsc3)cc2)c2ccc(NC(=O)[C@@](N)(CCCCN)C(=O)Cc3ccsc3)cc2)cc1. The van der Waals surface area contributed by atoms with Gasteiger partial charge in [0.2, 0.25) is 0 Å². The molecule has 0 saturated carbocycles. The first kappa shape index (κ1) is 56.2. The minimum absolute atomic E-state index is 0.0206. The van der Waals surface area contributed by atoms with Crippen molar-refractivity contribution in [3.05, 3.63) is 157 Å². The number of amides is 3. The number of thiophene rings is 3. The summed E-state index contributed by atoms with van der Waals surface area (Å²) in [6.07, 6.45) is 3.74. The van der Waals surface area contributed by atoms with Gasteiger partial charge in [0.05, 0.1) is 0 Å². The van der Waals surface area contributed by atoms with Crippen LogP contribution >= 0.6 is 34.0 Å². The van der Waals surface area contributed by atoms with E-state index in [0.29, 0.717) is 75.2 Å². The molecule has 15 nitrogen and oxygen atoms in total. The molecule has 0 spiro atoms. The second kappa shape index (κ2) is 26.8. The molecule has 3 heterocycles. The summed E-state index contributed by atoms with van der Waals surface area (Å²) in [6, 6.07) is 27.1. The lowest BCUT2D eigenvalue weighted by Gasteiger charge is -2.27. The highest BCUT2D eigenvalue weighted by atomic mass is 32.1. The third-order valence-corrected chi connectivity index (χ3v) is 15.3. The molecular weight excluding hydrogens is 979 g/mol. The summed E-state index contributed by atoms with van der Waals surface area (Å²) >= 11 is 4.38. The largest absolute Gasteiger partial charge is 0.330 e. The van der Waals surface area contributed by atoms with Crippen molar-refractivity contribution in [1.29, 1.82) is 0 Å². The zero-order valence-electron chi connectivity index (χ0n) is 40.9. The predicted molar refractivity (Wildman–Crippen MR) is 295 cm³/mol. The Balaban J connectivity index is 1.28. The summed E-state index contributed by atoms with van der Waals surface area (Å²) in [5.41, 5.74) is 38.0. The van der Waals surface area contributed by atoms with Crippen LogP contribution in [-0.2, 0) is 48.0 Å². The topological polar surface area (TPSA) is 295 Å². The summed E-state index contributed by atoms with van der Waals surface area (Å²) in [5.74, 6) is -3.46. The van der Waals surface area contributed by atoms with Gasteiger partial charge in [0.25, 0.3) is 17.7 Å². The van der Waals surface area contributed by atoms with E-state index in [1.54, 1.807) is 36.4 Å². The van der Waals surface area contributed by atoms with Gasteiger partial charge in [-0.2, -0.15) is 34.0 Å². The van der Waals surface area contributed by atoms with E-state index in [-0.39, 0.29) is 38.5 Å². The second-order valence-corrected chi connectivity index (χ2v) is 20.8. The van der Waals surface area contributed by atoms with Crippen LogP contribution in [0.25, 0.3) is 0 Å². The summed E-state index contributed by atoms with van der Waals surface area (Å²) in [4.78, 5) is 82.8. The predicted octanol–water partition coefficient (Wildman–Crippen LogP) is 6.78. The van der Waals surface area contributed by atoms with E-state index in [1.165, 1.54) is 34.0 Å². The highest BCUT2D eigenvalue weighted by molar-refractivity contribution is 7.08. The van der Waals surface area contributed by atoms with E-state index in [0.717, 1.165) is 33.4 Å². The molecule has 3 aromatic carbocycles. The number of benzene rings is 3. The van der Waals surface area contributed by atoms with Gasteiger partial charge in [-0.1, -0.05) is 36.4 Å². The summed E-state index contributed by atoms with van der Waals surface area (Å²) < 4.78 is 0. The van der Waals surface area contributed by atoms with Gasteiger partial charge < -0.3 is 50.4 Å². The van der Waals surface area contributed by atoms with Crippen LogP contribution in [0.15, 0.2) is 123 Å². The third-order valence-electron chi connectivity index (χ3n) is 13.1. The van der Waals surface area contributed by atoms with Crippen molar-refractivity contribution < 1.29 is 28.8 Å². The Bertz CT molecular complexity index is 2440. The number of hydrogen-bond acceptors (Lipinski definition) is 15. The van der Waals surface area contributed by atoms with E-state index in [1.807, 2.05) is 86.9 Å². The Morgan fingerprint density at radius 3 is 0.877 bits per heavy atom. The maximum Gasteiger partial charge on any atom is 0.252 e. The average Bonchev–Trinajstić information content (AvgIpc) is 4.22. The molecule has 386 valence electrons. The molecule has 0 bridgehead atoms. The Hall–Kier alpha value is -6.06. The molecule has 6 aromatic rings. The molecule has 0 saturated heterocycles. The minimum atomic E-state index is -1.79. The minimum Gasteiger partial charge on any atom is -0.330 e. The number of hydrogen-bond donors (Lipinski definition) is 9. The number of rotatable bonds is 30. The zero-order chi connectivity index (χ0) is 52.4. The standard InChI is InChI=1S/C55H67N9O6S3/c56-25-4-1-22-53(59,46(65)31-37-19-28-71-34-37)50(68)62-43-13-7-40(8-14-43)49(41-9-15-44(16-10-41)63-51(69)54(60,23-2-5-26-57)47(66)32-38-20-29-72-35-38)42-11-17-45(18-12-42)64-52(70)55(61,24-3-6-27-58)48(67)33-39-21-30-73-36-39/h7-21,28-30,34-36,49H,1-6,22-27,31-33,56-61H2,(H,62,68)(H,63,69)(H,64,70)/t53-,54-,55-/m1/s1. The van der Waals surface area contributed by atoms with Crippen LogP contribution in [0.2, 0.25) is 0 Å². The van der Waals surface area contributed by atoms with Crippen molar-refractivity contribution in [2.24, 2.45) is 34.4 Å². The van der Waals surface area contributed by atoms with Crippen molar-refractivity contribution in [2.45, 2.75) is 99.6 Å². The van der Waals surface area contributed by atoms with Gasteiger partial charge in [-0.3, -0.25) is 28.8 Å². The highest BCUT2D eigenvalue weighted by Crippen LogP contribution is 2.35. The molecule has 6 rings (SSSR count). The zero-order valence-corrected chi connectivity index (χ0v) is 43.4. The van der Waals surface area contributed by atoms with Crippen LogP contribution in [-0.4, -0.2) is 71.3 Å². The van der Waals surface area contributed by atoms with Crippen LogP contribution in [0.4, 0.5) is 17.1 Å². The lowest BCUT2D eigenvalue weighted by Crippen LogP contribution is -2.58. The summed E-state index contributed by atoms with van der Waals surface area (Å²) in [5, 5.41) is 19.9. The maximum atomic E-state index is 13.9. The Morgan fingerprint density at radius 1 is 0.397 bits per heavy atom. The van der Waals surface area contributed by atoms with Gasteiger partial charge in [-0.25, -0.2) is 0 Å². The van der Waals surface area contributed by atoms with Gasteiger partial charge in [0.1, 0.15) is 0 Å². The summed E-state index contributed by atoms with van der Waals surface area (Å²) in [6.45, 7) is 1.20. The molecule has 0 aliphatic heterocycles. The van der Waals surface area contributed by atoms with E-state index < -0.39 is 57.6 Å². The number of nitrogens with two attached hydrogens (primary N) is 6. The van der Waals surface area contributed by atoms with Crippen molar-refractivity contribution in [3.63, 3.8) is 0 Å². The number of anilines is 3. The Morgan fingerprint density at radius 2 is 0.658 bits per heavy atom. The van der Waals surface area contributed by atoms with Gasteiger partial charge in [0, 0.05) is 42.2 Å². The molecule has 3 aromatic heterocycles. The number of ketones is 3. The normalized spacial score (nSPS) is 13.8. The molecule has 0 fully saturated rings. The first-order valence-electron chi connectivity index (χ1n) is 24.5. The lowest BCUT2D eigenvalue weighted by molar-refractivity contribution is -0.134. The number of nitrogens with one attached hydrogen (secondary N) is 3. The molecule has 0 aliphatic rings. The number of Topliss-reactive ketones (excluding diaryl/α,β-unsaturated/α-hetero) is 3. The molecule has 3 amide bonds. The van der Waals surface area contributed by atoms with E-state index in [2.05, 4.69) is 16.0 Å². The molecule has 18 heteroatoms. The van der Waals surface area contributed by atoms with Gasteiger partial charge in [-0.15, -0.1) is 0 Å². The Kier molecular flexibility index (Phi) is 20.6. The molecule has 3 atom stereocenters. The summed E-state index contributed by atoms with van der Waals surface area (Å²) in [7, 11) is 0. The fourth-order valence-corrected chi connectivity index (χ4v) is 10.6. The fourth-order valence-electron chi connectivity index (χ4n) is 8.57. The van der Waals surface area contributed by atoms with Gasteiger partial charge in [-0.05, 0) is 198 Å². The molecule has 15 N–H and O–H groups in total. The number of unbranched alkanes of at least 4 members (excludes halogenated alkanes) is 3. The maximum absolute atomic E-state index is 13.9. The average molecular weight is 1050 g/mol. The molecule has 0 aliphatic carbocycles. The van der Waals surface area contributed by atoms with Crippen LogP contribution in [0.1, 0.15) is 97.1 Å². The van der Waals surface area contributed by atoms with Gasteiger partial charge in [0.15, 0.2) is 34.0 Å². The molecule has 73 heavy (non-hydrogen) atoms.